The van der Waals surface area contributed by atoms with Crippen molar-refractivity contribution in [3.63, 3.8) is 0 Å². The maximum Gasteiger partial charge on any atom is 0.318 e. The maximum atomic E-state index is 13.8. The van der Waals surface area contributed by atoms with E-state index >= 15 is 0 Å². The lowest BCUT2D eigenvalue weighted by molar-refractivity contribution is -0.111. The fourth-order valence-corrected chi connectivity index (χ4v) is 7.78. The molecule has 7 rings (SSSR count). The van der Waals surface area contributed by atoms with E-state index in [4.69, 9.17) is 26.3 Å². The first kappa shape index (κ1) is 34.3. The number of nitrogens with one attached hydrogen (secondary N) is 1. The molecule has 3 aliphatic heterocycles. The molecule has 2 fully saturated rings. The van der Waals surface area contributed by atoms with Crippen molar-refractivity contribution in [2.24, 2.45) is 0 Å². The number of benzene rings is 3. The predicted molar refractivity (Wildman–Crippen MR) is 199 cm³/mol. The fraction of sp³-hybridized carbons (Fsp3) is 0.359. The van der Waals surface area contributed by atoms with Crippen molar-refractivity contribution in [3.05, 3.63) is 95.2 Å². The maximum absolute atomic E-state index is 13.8. The zero-order valence-corrected chi connectivity index (χ0v) is 29.5. The molecule has 1 aromatic heterocycles. The Bertz CT molecular complexity index is 2010. The minimum absolute atomic E-state index is 0.162. The van der Waals surface area contributed by atoms with Gasteiger partial charge in [0.15, 0.2) is 0 Å². The third-order valence-corrected chi connectivity index (χ3v) is 10.5. The lowest BCUT2D eigenvalue weighted by Crippen LogP contribution is -2.55. The number of nitrogens with zero attached hydrogens (tertiary/aromatic N) is 7. The molecule has 51 heavy (non-hydrogen) atoms. The van der Waals surface area contributed by atoms with Crippen LogP contribution in [-0.4, -0.2) is 90.0 Å². The van der Waals surface area contributed by atoms with Gasteiger partial charge in [0.2, 0.25) is 5.91 Å². The molecular weight excluding hydrogens is 664 g/mol. The third kappa shape index (κ3) is 7.20. The van der Waals surface area contributed by atoms with Crippen LogP contribution in [0.2, 0.25) is 5.02 Å². The molecule has 2 atom stereocenters. The molecule has 0 saturated carbocycles. The summed E-state index contributed by atoms with van der Waals surface area (Å²) < 4.78 is 6.34. The van der Waals surface area contributed by atoms with Gasteiger partial charge < -0.3 is 29.7 Å². The van der Waals surface area contributed by atoms with Crippen LogP contribution in [0.25, 0.3) is 10.8 Å². The van der Waals surface area contributed by atoms with E-state index in [2.05, 4.69) is 64.0 Å². The Morgan fingerprint density at radius 3 is 2.67 bits per heavy atom. The van der Waals surface area contributed by atoms with Crippen molar-refractivity contribution < 1.29 is 14.3 Å². The van der Waals surface area contributed by atoms with Crippen LogP contribution >= 0.6 is 11.6 Å². The van der Waals surface area contributed by atoms with Crippen LogP contribution in [0.15, 0.2) is 73.3 Å². The highest BCUT2D eigenvalue weighted by Crippen LogP contribution is 2.37. The van der Waals surface area contributed by atoms with Gasteiger partial charge in [0.1, 0.15) is 12.4 Å². The number of rotatable bonds is 9. The van der Waals surface area contributed by atoms with E-state index in [1.54, 1.807) is 29.2 Å². The number of amides is 2. The zero-order chi connectivity index (χ0) is 35.5. The molecule has 0 aliphatic carbocycles. The van der Waals surface area contributed by atoms with Gasteiger partial charge in [-0.3, -0.25) is 9.59 Å². The molecule has 3 aliphatic rings. The summed E-state index contributed by atoms with van der Waals surface area (Å²) in [5.41, 5.74) is 3.97. The number of carbonyl (C=O) groups excluding carboxylic acids is 2. The zero-order valence-electron chi connectivity index (χ0n) is 28.7. The summed E-state index contributed by atoms with van der Waals surface area (Å²) in [6.45, 7) is 7.72. The Balaban J connectivity index is 1.18. The Morgan fingerprint density at radius 2 is 1.88 bits per heavy atom. The normalized spacial score (nSPS) is 19.0. The highest BCUT2D eigenvalue weighted by Gasteiger charge is 2.35. The van der Waals surface area contributed by atoms with Gasteiger partial charge in [0.25, 0.3) is 5.91 Å². The number of hydrogen-bond donors (Lipinski definition) is 1. The van der Waals surface area contributed by atoms with Crippen molar-refractivity contribution in [1.82, 2.24) is 19.8 Å². The Hall–Kier alpha value is -5.18. The number of fused-ring (bicyclic) bond motifs is 2. The minimum atomic E-state index is -0.372. The second kappa shape index (κ2) is 15.0. The molecule has 0 bridgehead atoms. The van der Waals surface area contributed by atoms with Gasteiger partial charge in [0.05, 0.1) is 35.8 Å². The third-order valence-electron chi connectivity index (χ3n) is 10.2. The standard InChI is InChI=1S/C39H41ClN8O3/c1-3-35(49)42-28-11-4-10-27(22-28)38(50)48-21-20-47(23-29(48)15-17-41)37-31-16-19-46(34-14-6-9-26-8-5-13-32(40)36(26)34)24-33(31)43-39(44-37)51-25-30-12-7-18-45(30)2/h3-6,8-11,13-14,22,29-30H,1,7,12,15-16,18-21,23-25H2,2H3,(H,42,49). The van der Waals surface area contributed by atoms with E-state index in [0.717, 1.165) is 59.5 Å². The first-order valence-electron chi connectivity index (χ1n) is 17.4. The van der Waals surface area contributed by atoms with Gasteiger partial charge in [-0.1, -0.05) is 48.5 Å². The number of nitriles is 1. The number of likely N-dealkylation sites (tertiary alicyclic amines) is 1. The molecule has 3 aromatic carbocycles. The lowest BCUT2D eigenvalue weighted by atomic mass is 10.0. The van der Waals surface area contributed by atoms with Gasteiger partial charge in [-0.15, -0.1) is 0 Å². The van der Waals surface area contributed by atoms with E-state index < -0.39 is 0 Å². The van der Waals surface area contributed by atoms with E-state index in [-0.39, 0.29) is 24.3 Å². The van der Waals surface area contributed by atoms with E-state index in [0.29, 0.717) is 67.5 Å². The summed E-state index contributed by atoms with van der Waals surface area (Å²) in [5.74, 6) is 0.254. The second-order valence-electron chi connectivity index (χ2n) is 13.4. The van der Waals surface area contributed by atoms with Gasteiger partial charge >= 0.3 is 6.01 Å². The summed E-state index contributed by atoms with van der Waals surface area (Å²) in [7, 11) is 2.12. The molecule has 2 saturated heterocycles. The Morgan fingerprint density at radius 1 is 1.06 bits per heavy atom. The van der Waals surface area contributed by atoms with Gasteiger partial charge in [0, 0.05) is 60.1 Å². The molecule has 2 unspecified atom stereocenters. The average molecular weight is 705 g/mol. The molecule has 2 amide bonds. The topological polar surface area (TPSA) is 118 Å². The van der Waals surface area contributed by atoms with E-state index in [1.165, 1.54) is 6.08 Å². The Labute approximate surface area is 303 Å². The number of carbonyl (C=O) groups is 2. The molecule has 4 aromatic rings. The number of likely N-dealkylation sites (N-methyl/N-ethyl adjacent to an activating group) is 1. The monoisotopic (exact) mass is 704 g/mol. The van der Waals surface area contributed by atoms with E-state index in [1.807, 2.05) is 12.1 Å². The molecule has 0 spiro atoms. The molecule has 12 heteroatoms. The highest BCUT2D eigenvalue weighted by molar-refractivity contribution is 6.36. The Kier molecular flexibility index (Phi) is 10.1. The molecule has 0 radical (unpaired) electrons. The molecular formula is C39H41ClN8O3. The van der Waals surface area contributed by atoms with Crippen molar-refractivity contribution in [1.29, 1.82) is 5.26 Å². The van der Waals surface area contributed by atoms with Gasteiger partial charge in [-0.25, -0.2) is 0 Å². The van der Waals surface area contributed by atoms with Crippen LogP contribution in [0.1, 0.15) is 40.9 Å². The molecule has 11 nitrogen and oxygen atoms in total. The fourth-order valence-electron chi connectivity index (χ4n) is 7.50. The molecule has 4 heterocycles. The second-order valence-corrected chi connectivity index (χ2v) is 13.8. The average Bonchev–Trinajstić information content (AvgIpc) is 3.57. The van der Waals surface area contributed by atoms with Crippen molar-refractivity contribution in [2.45, 2.75) is 44.3 Å². The number of halogens is 1. The summed E-state index contributed by atoms with van der Waals surface area (Å²) in [6.07, 6.45) is 4.26. The van der Waals surface area contributed by atoms with Crippen molar-refractivity contribution >= 4 is 51.4 Å². The highest BCUT2D eigenvalue weighted by atomic mass is 35.5. The molecule has 262 valence electrons. The SMILES string of the molecule is C=CC(=O)Nc1cccc(C(=O)N2CCN(c3nc(OCC4CCCN4C)nc4c3CCN(c3cccc5cccc(Cl)c35)C4)CC2CC#N)c1. The lowest BCUT2D eigenvalue weighted by Gasteiger charge is -2.42. The summed E-state index contributed by atoms with van der Waals surface area (Å²) in [5, 5.41) is 15.4. The van der Waals surface area contributed by atoms with Crippen LogP contribution in [0, 0.1) is 11.3 Å². The number of ether oxygens (including phenoxy) is 1. The molecule has 1 N–H and O–H groups in total. The first-order chi connectivity index (χ1) is 24.8. The van der Waals surface area contributed by atoms with Crippen molar-refractivity contribution in [2.75, 3.05) is 61.5 Å². The summed E-state index contributed by atoms with van der Waals surface area (Å²) in [6, 6.07) is 21.6. The predicted octanol–water partition coefficient (Wildman–Crippen LogP) is 5.69. The number of piperazine rings is 1. The van der Waals surface area contributed by atoms with Crippen LogP contribution in [0.4, 0.5) is 17.2 Å². The first-order valence-corrected chi connectivity index (χ1v) is 17.8. The smallest absolute Gasteiger partial charge is 0.318 e. The van der Waals surface area contributed by atoms with Crippen LogP contribution in [0.3, 0.4) is 0 Å². The van der Waals surface area contributed by atoms with Crippen LogP contribution in [0.5, 0.6) is 6.01 Å². The number of aromatic nitrogens is 2. The number of anilines is 3. The summed E-state index contributed by atoms with van der Waals surface area (Å²) >= 11 is 6.74. The number of hydrogen-bond acceptors (Lipinski definition) is 9. The van der Waals surface area contributed by atoms with Gasteiger partial charge in [-0.2, -0.15) is 15.2 Å². The van der Waals surface area contributed by atoms with Crippen molar-refractivity contribution in [3.8, 4) is 12.1 Å². The quantitative estimate of drug-likeness (QED) is 0.219. The minimum Gasteiger partial charge on any atom is -0.462 e. The van der Waals surface area contributed by atoms with Gasteiger partial charge in [-0.05, 0) is 74.6 Å². The van der Waals surface area contributed by atoms with Crippen LogP contribution in [-0.2, 0) is 17.8 Å². The van der Waals surface area contributed by atoms with E-state index in [9.17, 15) is 14.9 Å². The largest absolute Gasteiger partial charge is 0.462 e. The van der Waals surface area contributed by atoms with Crippen LogP contribution < -0.4 is 19.9 Å². The summed E-state index contributed by atoms with van der Waals surface area (Å²) in [4.78, 5) is 44.3.